The van der Waals surface area contributed by atoms with E-state index in [1.165, 1.54) is 49.6 Å². The van der Waals surface area contributed by atoms with Crippen molar-refractivity contribution in [2.24, 2.45) is 9.98 Å². The average Bonchev–Trinajstić information content (AvgIpc) is 3.69. The Kier molecular flexibility index (Phi) is 6.65. The maximum atomic E-state index is 5.19. The lowest BCUT2D eigenvalue weighted by Crippen LogP contribution is -2.36. The number of hydrogen-bond donors (Lipinski definition) is 1. The molecule has 2 aliphatic rings. The Morgan fingerprint density at radius 2 is 1.18 bits per heavy atom. The molecule has 2 heterocycles. The van der Waals surface area contributed by atoms with Gasteiger partial charge in [0.2, 0.25) is 0 Å². The highest BCUT2D eigenvalue weighted by Crippen LogP contribution is 2.55. The van der Waals surface area contributed by atoms with E-state index < -0.39 is 6.17 Å². The minimum absolute atomic E-state index is 0.287. The van der Waals surface area contributed by atoms with Crippen molar-refractivity contribution in [2.45, 2.75) is 18.5 Å². The number of rotatable bonds is 5. The molecule has 51 heavy (non-hydrogen) atoms. The van der Waals surface area contributed by atoms with Crippen LogP contribution in [0.15, 0.2) is 186 Å². The molecule has 0 saturated carbocycles. The van der Waals surface area contributed by atoms with Gasteiger partial charge in [-0.05, 0) is 47.4 Å². The van der Waals surface area contributed by atoms with E-state index in [0.29, 0.717) is 0 Å². The average molecular weight is 655 g/mol. The first-order valence-electron chi connectivity index (χ1n) is 17.5. The number of aliphatic imine (C=N–C) groups is 2. The first-order chi connectivity index (χ1) is 25.2. The smallest absolute Gasteiger partial charge is 0.169 e. The summed E-state index contributed by atoms with van der Waals surface area (Å²) in [5.41, 5.74) is 12.8. The van der Waals surface area contributed by atoms with Crippen LogP contribution in [0.2, 0.25) is 0 Å². The minimum Gasteiger partial charge on any atom is -0.324 e. The Morgan fingerprint density at radius 1 is 0.549 bits per heavy atom. The minimum atomic E-state index is -0.419. The number of aromatic nitrogens is 1. The van der Waals surface area contributed by atoms with Crippen LogP contribution in [0.4, 0.5) is 0 Å². The zero-order valence-corrected chi connectivity index (χ0v) is 28.2. The van der Waals surface area contributed by atoms with Crippen LogP contribution in [-0.4, -0.2) is 16.2 Å². The Hall–Kier alpha value is -6.52. The number of fused-ring (bicyclic) bond motifs is 7. The second-order valence-electron chi connectivity index (χ2n) is 13.6. The van der Waals surface area contributed by atoms with E-state index in [0.717, 1.165) is 34.0 Å². The normalized spacial score (nSPS) is 16.7. The predicted molar refractivity (Wildman–Crippen MR) is 210 cm³/mol. The zero-order valence-electron chi connectivity index (χ0n) is 28.2. The lowest BCUT2D eigenvalue weighted by molar-refractivity contribution is 0.714. The van der Waals surface area contributed by atoms with Crippen LogP contribution in [0, 0.1) is 0 Å². The molecule has 1 aliphatic carbocycles. The van der Waals surface area contributed by atoms with Gasteiger partial charge < -0.3 is 9.88 Å². The van der Waals surface area contributed by atoms with E-state index in [2.05, 4.69) is 156 Å². The zero-order chi connectivity index (χ0) is 33.9. The third-order valence-electron chi connectivity index (χ3n) is 10.7. The highest BCUT2D eigenvalue weighted by Gasteiger charge is 2.42. The van der Waals surface area contributed by atoms with Crippen LogP contribution >= 0.6 is 0 Å². The molecule has 0 bridgehead atoms. The number of amidine groups is 2. The molecule has 1 atom stereocenters. The number of para-hydroxylation sites is 1. The molecule has 242 valence electrons. The summed E-state index contributed by atoms with van der Waals surface area (Å²) in [6, 6.07) is 62.8. The highest BCUT2D eigenvalue weighted by molar-refractivity contribution is 6.17. The SMILES string of the molecule is CC1(c2ccccc2)c2ccccc2-c2c1ccc1c3ccccc3n(-c3cccc(C4N=C(c5ccccc5)NC(c5ccccc5)=N4)c3)c21. The van der Waals surface area contributed by atoms with Crippen LogP contribution in [-0.2, 0) is 5.41 Å². The summed E-state index contributed by atoms with van der Waals surface area (Å²) in [5.74, 6) is 1.62. The van der Waals surface area contributed by atoms with Gasteiger partial charge in [-0.3, -0.25) is 0 Å². The van der Waals surface area contributed by atoms with Crippen molar-refractivity contribution in [1.29, 1.82) is 0 Å². The first kappa shape index (κ1) is 29.4. The Morgan fingerprint density at radius 3 is 1.90 bits per heavy atom. The van der Waals surface area contributed by atoms with E-state index in [-0.39, 0.29) is 5.41 Å². The van der Waals surface area contributed by atoms with Crippen LogP contribution in [0.5, 0.6) is 0 Å². The molecule has 1 unspecified atom stereocenters. The number of benzene rings is 7. The van der Waals surface area contributed by atoms with E-state index in [1.54, 1.807) is 0 Å². The molecule has 1 aromatic heterocycles. The van der Waals surface area contributed by atoms with Gasteiger partial charge in [0, 0.05) is 44.1 Å². The maximum Gasteiger partial charge on any atom is 0.169 e. The lowest BCUT2D eigenvalue weighted by Gasteiger charge is -2.28. The lowest BCUT2D eigenvalue weighted by atomic mass is 9.74. The van der Waals surface area contributed by atoms with Crippen molar-refractivity contribution >= 4 is 33.5 Å². The standard InChI is InChI=1S/C47H34N4/c1-47(34-21-9-4-10-22-34)39-26-13-11-25-38(39)42-40(47)29-28-37-36-24-12-14-27-41(36)51(43(37)42)35-23-15-20-33(30-35)46-49-44(31-16-5-2-6-17-31)48-45(50-46)32-18-7-3-8-19-32/h2-30,46H,1H3,(H,48,49,50). The summed E-state index contributed by atoms with van der Waals surface area (Å²) in [4.78, 5) is 10.4. The molecule has 7 aromatic carbocycles. The largest absolute Gasteiger partial charge is 0.324 e. The molecule has 4 heteroatoms. The summed E-state index contributed by atoms with van der Waals surface area (Å²) in [7, 11) is 0. The van der Waals surface area contributed by atoms with Gasteiger partial charge in [-0.15, -0.1) is 0 Å². The molecular weight excluding hydrogens is 621 g/mol. The van der Waals surface area contributed by atoms with Gasteiger partial charge in [0.1, 0.15) is 11.7 Å². The van der Waals surface area contributed by atoms with Gasteiger partial charge in [-0.1, -0.05) is 158 Å². The molecule has 0 amide bonds. The molecule has 8 aromatic rings. The van der Waals surface area contributed by atoms with E-state index in [4.69, 9.17) is 9.98 Å². The van der Waals surface area contributed by atoms with Crippen molar-refractivity contribution in [3.05, 3.63) is 209 Å². The summed E-state index contributed by atoms with van der Waals surface area (Å²) in [5, 5.41) is 6.02. The van der Waals surface area contributed by atoms with Gasteiger partial charge in [0.05, 0.1) is 11.0 Å². The van der Waals surface area contributed by atoms with Gasteiger partial charge in [-0.2, -0.15) is 0 Å². The topological polar surface area (TPSA) is 41.7 Å². The van der Waals surface area contributed by atoms with Crippen molar-refractivity contribution in [1.82, 2.24) is 9.88 Å². The second-order valence-corrected chi connectivity index (χ2v) is 13.6. The van der Waals surface area contributed by atoms with Gasteiger partial charge in [-0.25, -0.2) is 9.98 Å². The quantitative estimate of drug-likeness (QED) is 0.197. The summed E-state index contributed by atoms with van der Waals surface area (Å²) >= 11 is 0. The summed E-state index contributed by atoms with van der Waals surface area (Å²) < 4.78 is 2.46. The molecule has 0 spiro atoms. The number of nitrogens with one attached hydrogen (secondary N) is 1. The fraction of sp³-hybridized carbons (Fsp3) is 0.0638. The van der Waals surface area contributed by atoms with Crippen LogP contribution in [0.3, 0.4) is 0 Å². The second kappa shape index (κ2) is 11.5. The van der Waals surface area contributed by atoms with Crippen LogP contribution in [0.1, 0.15) is 46.5 Å². The van der Waals surface area contributed by atoms with E-state index >= 15 is 0 Å². The predicted octanol–water partition coefficient (Wildman–Crippen LogP) is 10.6. The van der Waals surface area contributed by atoms with Crippen LogP contribution < -0.4 is 5.32 Å². The summed E-state index contributed by atoms with van der Waals surface area (Å²) in [6.07, 6.45) is -0.419. The Bertz CT molecular complexity index is 2620. The molecular formula is C47H34N4. The number of nitrogens with zero attached hydrogens (tertiary/aromatic N) is 3. The molecule has 0 fully saturated rings. The molecule has 0 radical (unpaired) electrons. The van der Waals surface area contributed by atoms with Crippen molar-refractivity contribution in [2.75, 3.05) is 0 Å². The van der Waals surface area contributed by atoms with Gasteiger partial charge in [0.25, 0.3) is 0 Å². The van der Waals surface area contributed by atoms with E-state index in [9.17, 15) is 0 Å². The first-order valence-corrected chi connectivity index (χ1v) is 17.5. The van der Waals surface area contributed by atoms with Gasteiger partial charge in [0.15, 0.2) is 6.17 Å². The van der Waals surface area contributed by atoms with E-state index in [1.807, 2.05) is 36.4 Å². The summed E-state index contributed by atoms with van der Waals surface area (Å²) in [6.45, 7) is 2.38. The Labute approximate surface area is 297 Å². The van der Waals surface area contributed by atoms with Crippen molar-refractivity contribution in [3.8, 4) is 16.8 Å². The molecule has 4 nitrogen and oxygen atoms in total. The monoisotopic (exact) mass is 654 g/mol. The van der Waals surface area contributed by atoms with Gasteiger partial charge >= 0.3 is 0 Å². The van der Waals surface area contributed by atoms with Crippen molar-refractivity contribution < 1.29 is 0 Å². The maximum absolute atomic E-state index is 5.19. The van der Waals surface area contributed by atoms with Crippen molar-refractivity contribution in [3.63, 3.8) is 0 Å². The highest BCUT2D eigenvalue weighted by atomic mass is 15.2. The van der Waals surface area contributed by atoms with Crippen LogP contribution in [0.25, 0.3) is 38.6 Å². The molecule has 1 aliphatic heterocycles. The third-order valence-corrected chi connectivity index (χ3v) is 10.7. The molecule has 0 saturated heterocycles. The fourth-order valence-electron chi connectivity index (χ4n) is 8.29. The third kappa shape index (κ3) is 4.53. The fourth-order valence-corrected chi connectivity index (χ4v) is 8.29. The number of hydrogen-bond acceptors (Lipinski definition) is 3. The molecule has 1 N–H and O–H groups in total. The Balaban J connectivity index is 1.21. The molecule has 10 rings (SSSR count).